The third kappa shape index (κ3) is 3.09. The lowest BCUT2D eigenvalue weighted by atomic mass is 10.2. The van der Waals surface area contributed by atoms with Crippen molar-refractivity contribution >= 4 is 0 Å². The van der Waals surface area contributed by atoms with E-state index in [0.717, 1.165) is 31.2 Å². The van der Waals surface area contributed by atoms with E-state index in [-0.39, 0.29) is 0 Å². The molecule has 2 heterocycles. The van der Waals surface area contributed by atoms with Gasteiger partial charge < -0.3 is 10.1 Å². The molecule has 0 aromatic carbocycles. The fraction of sp³-hybridized carbons (Fsp3) is 0.786. The maximum Gasteiger partial charge on any atom is 0.216 e. The van der Waals surface area contributed by atoms with Crippen LogP contribution >= 0.6 is 0 Å². The zero-order valence-corrected chi connectivity index (χ0v) is 12.6. The summed E-state index contributed by atoms with van der Waals surface area (Å²) in [7, 11) is 3.63. The first kappa shape index (κ1) is 14.3. The molecule has 2 rings (SSSR count). The van der Waals surface area contributed by atoms with Crippen molar-refractivity contribution in [1.29, 1.82) is 0 Å². The van der Waals surface area contributed by atoms with E-state index in [2.05, 4.69) is 22.2 Å². The zero-order valence-electron chi connectivity index (χ0n) is 12.6. The van der Waals surface area contributed by atoms with Crippen LogP contribution in [0.2, 0.25) is 0 Å². The van der Waals surface area contributed by atoms with Crippen molar-refractivity contribution in [3.63, 3.8) is 0 Å². The summed E-state index contributed by atoms with van der Waals surface area (Å²) in [6.07, 6.45) is 2.64. The molecular formula is C14H26N4O. The van der Waals surface area contributed by atoms with Crippen LogP contribution in [0.25, 0.3) is 0 Å². The fourth-order valence-electron chi connectivity index (χ4n) is 3.05. The van der Waals surface area contributed by atoms with E-state index < -0.39 is 0 Å². The molecule has 1 atom stereocenters. The van der Waals surface area contributed by atoms with Crippen LogP contribution in [0, 0.1) is 6.92 Å². The minimum atomic E-state index is 0.688. The highest BCUT2D eigenvalue weighted by Gasteiger charge is 2.22. The number of hydrogen-bond acceptors (Lipinski definition) is 4. The number of methoxy groups -OCH3 is 1. The van der Waals surface area contributed by atoms with Crippen LogP contribution in [0.1, 0.15) is 31.0 Å². The molecule has 1 aliphatic heterocycles. The number of nitrogens with zero attached hydrogens (tertiary/aromatic N) is 3. The number of likely N-dealkylation sites (tertiary alicyclic amines) is 1. The van der Waals surface area contributed by atoms with Gasteiger partial charge in [-0.25, -0.2) is 4.68 Å². The number of nitrogens with one attached hydrogen (secondary N) is 1. The number of rotatable bonds is 6. The Bertz CT molecular complexity index is 416. The molecule has 1 N–H and O–H groups in total. The van der Waals surface area contributed by atoms with Crippen LogP contribution in [-0.2, 0) is 13.6 Å². The van der Waals surface area contributed by atoms with E-state index in [1.807, 2.05) is 14.0 Å². The molecule has 1 aromatic rings. The van der Waals surface area contributed by atoms with Gasteiger partial charge in [-0.05, 0) is 32.9 Å². The van der Waals surface area contributed by atoms with E-state index in [4.69, 9.17) is 4.74 Å². The summed E-state index contributed by atoms with van der Waals surface area (Å²) in [5, 5.41) is 7.97. The molecule has 0 bridgehead atoms. The van der Waals surface area contributed by atoms with Crippen molar-refractivity contribution in [2.75, 3.05) is 26.7 Å². The third-order valence-corrected chi connectivity index (χ3v) is 4.07. The summed E-state index contributed by atoms with van der Waals surface area (Å²) in [5.74, 6) is 0.865. The molecular weight excluding hydrogens is 240 g/mol. The highest BCUT2D eigenvalue weighted by molar-refractivity contribution is 5.30. The lowest BCUT2D eigenvalue weighted by molar-refractivity contribution is 0.259. The van der Waals surface area contributed by atoms with Crippen LogP contribution in [0.3, 0.4) is 0 Å². The predicted octanol–water partition coefficient (Wildman–Crippen LogP) is 1.31. The second-order valence-electron chi connectivity index (χ2n) is 5.25. The van der Waals surface area contributed by atoms with E-state index >= 15 is 0 Å². The van der Waals surface area contributed by atoms with Crippen molar-refractivity contribution in [3.05, 3.63) is 11.3 Å². The van der Waals surface area contributed by atoms with Crippen molar-refractivity contribution in [1.82, 2.24) is 20.0 Å². The van der Waals surface area contributed by atoms with Gasteiger partial charge >= 0.3 is 0 Å². The van der Waals surface area contributed by atoms with Gasteiger partial charge in [0, 0.05) is 26.2 Å². The molecule has 1 unspecified atom stereocenters. The predicted molar refractivity (Wildman–Crippen MR) is 76.5 cm³/mol. The molecule has 0 saturated carbocycles. The van der Waals surface area contributed by atoms with Gasteiger partial charge in [0.15, 0.2) is 0 Å². The fourth-order valence-corrected chi connectivity index (χ4v) is 3.05. The molecule has 1 saturated heterocycles. The highest BCUT2D eigenvalue weighted by atomic mass is 16.5. The molecule has 0 amide bonds. The summed E-state index contributed by atoms with van der Waals surface area (Å²) in [6.45, 7) is 8.56. The topological polar surface area (TPSA) is 42.3 Å². The molecule has 0 aliphatic carbocycles. The number of likely N-dealkylation sites (N-methyl/N-ethyl adjacent to an activating group) is 1. The SMILES string of the molecule is CCN1CCCC1CNCc1c(C)nn(C)c1OC. The van der Waals surface area contributed by atoms with E-state index in [0.29, 0.717) is 6.04 Å². The molecule has 19 heavy (non-hydrogen) atoms. The van der Waals surface area contributed by atoms with Crippen LogP contribution < -0.4 is 10.1 Å². The Kier molecular flexibility index (Phi) is 4.82. The van der Waals surface area contributed by atoms with Crippen LogP contribution in [0.4, 0.5) is 0 Å². The van der Waals surface area contributed by atoms with Gasteiger partial charge in [0.25, 0.3) is 0 Å². The van der Waals surface area contributed by atoms with Gasteiger partial charge in [-0.1, -0.05) is 6.92 Å². The molecule has 0 radical (unpaired) electrons. The Morgan fingerprint density at radius 3 is 2.95 bits per heavy atom. The minimum Gasteiger partial charge on any atom is -0.481 e. The molecule has 1 fully saturated rings. The van der Waals surface area contributed by atoms with Crippen molar-refractivity contribution in [2.45, 2.75) is 39.3 Å². The number of hydrogen-bond donors (Lipinski definition) is 1. The summed E-state index contributed by atoms with van der Waals surface area (Å²) >= 11 is 0. The molecule has 108 valence electrons. The number of aromatic nitrogens is 2. The van der Waals surface area contributed by atoms with Crippen molar-refractivity contribution in [3.8, 4) is 5.88 Å². The van der Waals surface area contributed by atoms with Gasteiger partial charge in [0.05, 0.1) is 18.4 Å². The summed E-state index contributed by atoms with van der Waals surface area (Å²) in [4.78, 5) is 2.56. The average Bonchev–Trinajstić information content (AvgIpc) is 2.94. The van der Waals surface area contributed by atoms with Gasteiger partial charge in [0.2, 0.25) is 5.88 Å². The van der Waals surface area contributed by atoms with Crippen LogP contribution in [0.5, 0.6) is 5.88 Å². The van der Waals surface area contributed by atoms with Gasteiger partial charge in [-0.2, -0.15) is 5.10 Å². The largest absolute Gasteiger partial charge is 0.481 e. The number of ether oxygens (including phenoxy) is 1. The second-order valence-corrected chi connectivity index (χ2v) is 5.25. The van der Waals surface area contributed by atoms with E-state index in [1.165, 1.54) is 24.9 Å². The van der Waals surface area contributed by atoms with Crippen LogP contribution in [-0.4, -0.2) is 47.5 Å². The van der Waals surface area contributed by atoms with E-state index in [9.17, 15) is 0 Å². The van der Waals surface area contributed by atoms with Crippen molar-refractivity contribution in [2.24, 2.45) is 7.05 Å². The Hall–Kier alpha value is -1.07. The standard InChI is InChI=1S/C14H26N4O/c1-5-18-8-6-7-12(18)9-15-10-13-11(2)16-17(3)14(13)19-4/h12,15H,5-10H2,1-4H3. The zero-order chi connectivity index (χ0) is 13.8. The summed E-state index contributed by atoms with van der Waals surface area (Å²) < 4.78 is 7.22. The average molecular weight is 266 g/mol. The molecule has 5 nitrogen and oxygen atoms in total. The Morgan fingerprint density at radius 2 is 2.26 bits per heavy atom. The highest BCUT2D eigenvalue weighted by Crippen LogP contribution is 2.21. The maximum atomic E-state index is 5.41. The quantitative estimate of drug-likeness (QED) is 0.843. The van der Waals surface area contributed by atoms with Gasteiger partial charge in [-0.15, -0.1) is 0 Å². The first-order valence-corrected chi connectivity index (χ1v) is 7.18. The first-order valence-electron chi connectivity index (χ1n) is 7.18. The van der Waals surface area contributed by atoms with Gasteiger partial charge in [-0.3, -0.25) is 4.90 Å². The smallest absolute Gasteiger partial charge is 0.216 e. The first-order chi connectivity index (χ1) is 9.17. The Labute approximate surface area is 115 Å². The Balaban J connectivity index is 1.89. The Morgan fingerprint density at radius 1 is 1.47 bits per heavy atom. The van der Waals surface area contributed by atoms with Crippen molar-refractivity contribution < 1.29 is 4.74 Å². The maximum absolute atomic E-state index is 5.41. The molecule has 1 aliphatic rings. The summed E-state index contributed by atoms with van der Waals surface area (Å²) in [6, 6.07) is 0.688. The molecule has 0 spiro atoms. The third-order valence-electron chi connectivity index (χ3n) is 4.07. The lowest BCUT2D eigenvalue weighted by Gasteiger charge is -2.23. The second kappa shape index (κ2) is 6.39. The normalized spacial score (nSPS) is 20.1. The minimum absolute atomic E-state index is 0.688. The van der Waals surface area contributed by atoms with E-state index in [1.54, 1.807) is 11.8 Å². The summed E-state index contributed by atoms with van der Waals surface area (Å²) in [5.41, 5.74) is 2.22. The van der Waals surface area contributed by atoms with Gasteiger partial charge in [0.1, 0.15) is 0 Å². The molecule has 1 aromatic heterocycles. The van der Waals surface area contributed by atoms with Crippen LogP contribution in [0.15, 0.2) is 0 Å². The number of aryl methyl sites for hydroxylation is 2. The lowest BCUT2D eigenvalue weighted by Crippen LogP contribution is -2.37. The molecule has 5 heteroatoms. The monoisotopic (exact) mass is 266 g/mol.